The van der Waals surface area contributed by atoms with E-state index in [0.717, 1.165) is 43.1 Å². The van der Waals surface area contributed by atoms with E-state index in [9.17, 15) is 13.2 Å². The molecule has 26 heavy (non-hydrogen) atoms. The van der Waals surface area contributed by atoms with Gasteiger partial charge in [0.2, 0.25) is 0 Å². The maximum atomic E-state index is 12.2. The van der Waals surface area contributed by atoms with Crippen molar-refractivity contribution < 1.29 is 27.4 Å². The van der Waals surface area contributed by atoms with Crippen LogP contribution < -0.4 is 9.64 Å². The average Bonchev–Trinajstić information content (AvgIpc) is 3.50. The van der Waals surface area contributed by atoms with Crippen LogP contribution in [0.2, 0.25) is 0 Å². The Balaban J connectivity index is 1.45. The van der Waals surface area contributed by atoms with Crippen LogP contribution in [0.1, 0.15) is 0 Å². The highest BCUT2D eigenvalue weighted by molar-refractivity contribution is 5.67. The Morgan fingerprint density at radius 3 is 1.73 bits per heavy atom. The number of halogens is 3. The van der Waals surface area contributed by atoms with Crippen molar-refractivity contribution in [3.63, 3.8) is 0 Å². The molecule has 2 atom stereocenters. The number of hydrogen-bond donors (Lipinski definition) is 0. The molecule has 4 nitrogen and oxygen atoms in total. The quantitative estimate of drug-likeness (QED) is 0.699. The third-order valence-electron chi connectivity index (χ3n) is 4.31. The summed E-state index contributed by atoms with van der Waals surface area (Å²) in [5.41, 5.74) is 2.84. The minimum atomic E-state index is -4.68. The van der Waals surface area contributed by atoms with Crippen molar-refractivity contribution in [2.24, 2.45) is 0 Å². The lowest BCUT2D eigenvalue weighted by Crippen LogP contribution is -2.31. The maximum Gasteiger partial charge on any atom is 0.573 e. The Bertz CT molecular complexity index is 724. The lowest BCUT2D eigenvalue weighted by atomic mass is 10.0. The van der Waals surface area contributed by atoms with Gasteiger partial charge in [0.05, 0.1) is 25.4 Å². The van der Waals surface area contributed by atoms with Crippen LogP contribution in [0.4, 0.5) is 18.9 Å². The third kappa shape index (κ3) is 4.68. The molecule has 0 aliphatic carbocycles. The van der Waals surface area contributed by atoms with Gasteiger partial charge >= 0.3 is 6.36 Å². The summed E-state index contributed by atoms with van der Waals surface area (Å²) >= 11 is 0. The van der Waals surface area contributed by atoms with Crippen LogP contribution in [0.5, 0.6) is 5.75 Å². The van der Waals surface area contributed by atoms with E-state index in [1.54, 1.807) is 12.1 Å². The minimum Gasteiger partial charge on any atom is -0.406 e. The van der Waals surface area contributed by atoms with Crippen LogP contribution in [-0.4, -0.2) is 44.9 Å². The fourth-order valence-electron chi connectivity index (χ4n) is 2.84. The number of hydrogen-bond acceptors (Lipinski definition) is 4. The van der Waals surface area contributed by atoms with Crippen molar-refractivity contribution in [3.8, 4) is 16.9 Å². The smallest absolute Gasteiger partial charge is 0.406 e. The molecule has 2 aromatic carbocycles. The van der Waals surface area contributed by atoms with Gasteiger partial charge < -0.3 is 19.1 Å². The van der Waals surface area contributed by atoms with Crippen LogP contribution in [0.15, 0.2) is 48.5 Å². The number of nitrogens with zero attached hydrogens (tertiary/aromatic N) is 1. The van der Waals surface area contributed by atoms with E-state index in [4.69, 9.17) is 9.47 Å². The average molecular weight is 365 g/mol. The molecule has 2 aromatic rings. The molecule has 0 N–H and O–H groups in total. The largest absolute Gasteiger partial charge is 0.573 e. The second-order valence-corrected chi connectivity index (χ2v) is 6.43. The summed E-state index contributed by atoms with van der Waals surface area (Å²) in [5.74, 6) is -0.224. The number of epoxide rings is 2. The van der Waals surface area contributed by atoms with E-state index in [2.05, 4.69) is 9.64 Å². The summed E-state index contributed by atoms with van der Waals surface area (Å²) in [6.45, 7) is 3.27. The molecule has 4 rings (SSSR count). The molecule has 2 aliphatic rings. The summed E-state index contributed by atoms with van der Waals surface area (Å²) in [7, 11) is 0. The molecular weight excluding hydrogens is 347 g/mol. The zero-order valence-corrected chi connectivity index (χ0v) is 13.9. The Morgan fingerprint density at radius 2 is 1.31 bits per heavy atom. The van der Waals surface area contributed by atoms with Gasteiger partial charge in [0.1, 0.15) is 5.75 Å². The van der Waals surface area contributed by atoms with Gasteiger partial charge in [-0.25, -0.2) is 0 Å². The van der Waals surface area contributed by atoms with E-state index < -0.39 is 6.36 Å². The van der Waals surface area contributed by atoms with Gasteiger partial charge in [0.25, 0.3) is 0 Å². The monoisotopic (exact) mass is 365 g/mol. The first kappa shape index (κ1) is 17.2. The van der Waals surface area contributed by atoms with Gasteiger partial charge in [-0.3, -0.25) is 0 Å². The lowest BCUT2D eigenvalue weighted by Gasteiger charge is -2.23. The zero-order chi connectivity index (χ0) is 18.1. The number of alkyl halides is 3. The molecule has 138 valence electrons. The first-order valence-corrected chi connectivity index (χ1v) is 8.41. The van der Waals surface area contributed by atoms with E-state index in [1.807, 2.05) is 24.3 Å². The molecule has 0 aromatic heterocycles. The first-order chi connectivity index (χ1) is 12.5. The topological polar surface area (TPSA) is 37.5 Å². The van der Waals surface area contributed by atoms with Gasteiger partial charge in [-0.05, 0) is 35.4 Å². The second-order valence-electron chi connectivity index (χ2n) is 6.43. The van der Waals surface area contributed by atoms with Gasteiger partial charge in [-0.2, -0.15) is 0 Å². The highest BCUT2D eigenvalue weighted by Crippen LogP contribution is 2.29. The summed E-state index contributed by atoms with van der Waals surface area (Å²) in [4.78, 5) is 2.25. The second kappa shape index (κ2) is 6.81. The molecule has 0 saturated carbocycles. The SMILES string of the molecule is FC(F)(F)Oc1ccc(-c2ccc(N(CC3CO3)CC3CO3)cc2)cc1. The summed E-state index contributed by atoms with van der Waals surface area (Å²) in [6, 6.07) is 13.8. The fraction of sp³-hybridized carbons (Fsp3) is 0.368. The normalized spacial score (nSPS) is 21.3. The van der Waals surface area contributed by atoms with Crippen LogP contribution in [0, 0.1) is 0 Å². The molecule has 2 saturated heterocycles. The lowest BCUT2D eigenvalue weighted by molar-refractivity contribution is -0.274. The van der Waals surface area contributed by atoms with E-state index in [1.165, 1.54) is 12.1 Å². The molecule has 2 unspecified atom stereocenters. The van der Waals surface area contributed by atoms with Crippen LogP contribution in [0.25, 0.3) is 11.1 Å². The predicted molar refractivity (Wildman–Crippen MR) is 90.3 cm³/mol. The van der Waals surface area contributed by atoms with Crippen molar-refractivity contribution in [2.75, 3.05) is 31.2 Å². The Hall–Kier alpha value is -2.25. The zero-order valence-electron chi connectivity index (χ0n) is 13.9. The molecule has 7 heteroatoms. The van der Waals surface area contributed by atoms with Crippen molar-refractivity contribution in [2.45, 2.75) is 18.6 Å². The molecule has 2 fully saturated rings. The third-order valence-corrected chi connectivity index (χ3v) is 4.31. The Kier molecular flexibility index (Phi) is 4.50. The highest BCUT2D eigenvalue weighted by Gasteiger charge is 2.31. The number of rotatable bonds is 7. The van der Waals surface area contributed by atoms with Gasteiger partial charge in [0, 0.05) is 18.8 Å². The predicted octanol–water partition coefficient (Wildman–Crippen LogP) is 3.86. The molecule has 0 spiro atoms. The maximum absolute atomic E-state index is 12.2. The molecule has 2 aliphatic heterocycles. The van der Waals surface area contributed by atoms with E-state index in [0.29, 0.717) is 0 Å². The minimum absolute atomic E-state index is 0.224. The highest BCUT2D eigenvalue weighted by atomic mass is 19.4. The first-order valence-electron chi connectivity index (χ1n) is 8.41. The van der Waals surface area contributed by atoms with Gasteiger partial charge in [0.15, 0.2) is 0 Å². The Morgan fingerprint density at radius 1 is 0.846 bits per heavy atom. The van der Waals surface area contributed by atoms with E-state index in [-0.39, 0.29) is 18.0 Å². The summed E-state index contributed by atoms with van der Waals surface area (Å²) in [6.07, 6.45) is -4.10. The number of benzene rings is 2. The van der Waals surface area contributed by atoms with Crippen LogP contribution >= 0.6 is 0 Å². The Labute approximate surface area is 149 Å². The fourth-order valence-corrected chi connectivity index (χ4v) is 2.84. The van der Waals surface area contributed by atoms with Crippen LogP contribution in [0.3, 0.4) is 0 Å². The van der Waals surface area contributed by atoms with Crippen molar-refractivity contribution in [1.82, 2.24) is 0 Å². The molecule has 0 bridgehead atoms. The number of anilines is 1. The summed E-state index contributed by atoms with van der Waals surface area (Å²) in [5, 5.41) is 0. The van der Waals surface area contributed by atoms with Crippen LogP contribution in [-0.2, 0) is 9.47 Å². The van der Waals surface area contributed by atoms with E-state index >= 15 is 0 Å². The van der Waals surface area contributed by atoms with Gasteiger partial charge in [-0.1, -0.05) is 24.3 Å². The summed E-state index contributed by atoms with van der Waals surface area (Å²) < 4.78 is 51.2. The van der Waals surface area contributed by atoms with Crippen molar-refractivity contribution in [1.29, 1.82) is 0 Å². The molecule has 0 radical (unpaired) electrons. The van der Waals surface area contributed by atoms with Crippen molar-refractivity contribution in [3.05, 3.63) is 48.5 Å². The van der Waals surface area contributed by atoms with Gasteiger partial charge in [-0.15, -0.1) is 13.2 Å². The standard InChI is InChI=1S/C19H18F3NO3/c20-19(21,22)26-16-7-3-14(4-8-16)13-1-5-15(6-2-13)23(9-17-11-24-17)10-18-12-25-18/h1-8,17-18H,9-12H2. The molecular formula is C19H18F3NO3. The van der Waals surface area contributed by atoms with Crippen molar-refractivity contribution >= 4 is 5.69 Å². The number of ether oxygens (including phenoxy) is 3. The molecule has 2 heterocycles. The molecule has 0 amide bonds.